The van der Waals surface area contributed by atoms with Crippen molar-refractivity contribution in [1.82, 2.24) is 9.80 Å². The lowest BCUT2D eigenvalue weighted by Gasteiger charge is -2.48. The first-order chi connectivity index (χ1) is 7.95. The number of aliphatic hydroxyl groups is 1. The maximum Gasteiger partial charge on any atom is 0.0976 e. The normalized spacial score (nSPS) is 41.3. The van der Waals surface area contributed by atoms with Gasteiger partial charge in [0.25, 0.3) is 0 Å². The van der Waals surface area contributed by atoms with Gasteiger partial charge in [0.05, 0.1) is 24.9 Å². The first kappa shape index (κ1) is 13.3. The number of aliphatic hydroxyl groups excluding tert-OH is 1. The zero-order chi connectivity index (χ0) is 12.6. The third-order valence-corrected chi connectivity index (χ3v) is 4.45. The SMILES string of the molecule is CC(C)N1CCN([C@]2(C)COC[C@@H]2O)C[C@H]1C. The molecule has 2 rings (SSSR count). The Kier molecular flexibility index (Phi) is 3.78. The molecule has 0 aromatic rings. The van der Waals surface area contributed by atoms with Crippen molar-refractivity contribution in [2.24, 2.45) is 0 Å². The van der Waals surface area contributed by atoms with E-state index in [0.29, 0.717) is 25.3 Å². The molecule has 2 heterocycles. The molecule has 17 heavy (non-hydrogen) atoms. The predicted octanol–water partition coefficient (Wildman–Crippen LogP) is 0.551. The quantitative estimate of drug-likeness (QED) is 0.767. The van der Waals surface area contributed by atoms with Gasteiger partial charge in [0.2, 0.25) is 0 Å². The Morgan fingerprint density at radius 3 is 2.53 bits per heavy atom. The average molecular weight is 242 g/mol. The van der Waals surface area contributed by atoms with Crippen LogP contribution in [0.25, 0.3) is 0 Å². The third-order valence-electron chi connectivity index (χ3n) is 4.45. The lowest BCUT2D eigenvalue weighted by molar-refractivity contribution is -0.0402. The Morgan fingerprint density at radius 2 is 2.06 bits per heavy atom. The van der Waals surface area contributed by atoms with Crippen molar-refractivity contribution in [1.29, 1.82) is 0 Å². The molecule has 1 N–H and O–H groups in total. The van der Waals surface area contributed by atoms with Crippen LogP contribution in [0.15, 0.2) is 0 Å². The first-order valence-electron chi connectivity index (χ1n) is 6.72. The molecule has 2 saturated heterocycles. The Balaban J connectivity index is 2.02. The van der Waals surface area contributed by atoms with Crippen LogP contribution in [0, 0.1) is 0 Å². The molecule has 3 atom stereocenters. The van der Waals surface area contributed by atoms with E-state index >= 15 is 0 Å². The van der Waals surface area contributed by atoms with E-state index < -0.39 is 0 Å². The molecule has 2 aliphatic heterocycles. The van der Waals surface area contributed by atoms with Crippen molar-refractivity contribution >= 4 is 0 Å². The lowest BCUT2D eigenvalue weighted by Crippen LogP contribution is -2.63. The van der Waals surface area contributed by atoms with Crippen LogP contribution >= 0.6 is 0 Å². The molecular formula is C13H26N2O2. The van der Waals surface area contributed by atoms with Crippen molar-refractivity contribution in [3.05, 3.63) is 0 Å². The van der Waals surface area contributed by atoms with Gasteiger partial charge < -0.3 is 9.84 Å². The minimum absolute atomic E-state index is 0.183. The maximum atomic E-state index is 10.1. The molecule has 4 heteroatoms. The highest BCUT2D eigenvalue weighted by Crippen LogP contribution is 2.29. The highest BCUT2D eigenvalue weighted by Gasteiger charge is 2.45. The van der Waals surface area contributed by atoms with E-state index in [1.54, 1.807) is 0 Å². The smallest absolute Gasteiger partial charge is 0.0976 e. The molecule has 0 amide bonds. The lowest BCUT2D eigenvalue weighted by atomic mass is 9.94. The molecule has 0 saturated carbocycles. The van der Waals surface area contributed by atoms with Gasteiger partial charge in [-0.2, -0.15) is 0 Å². The molecule has 4 nitrogen and oxygen atoms in total. The molecule has 2 fully saturated rings. The summed E-state index contributed by atoms with van der Waals surface area (Å²) in [6, 6.07) is 1.15. The summed E-state index contributed by atoms with van der Waals surface area (Å²) in [7, 11) is 0. The van der Waals surface area contributed by atoms with Gasteiger partial charge in [0, 0.05) is 31.7 Å². The van der Waals surface area contributed by atoms with E-state index in [1.165, 1.54) is 0 Å². The summed E-state index contributed by atoms with van der Waals surface area (Å²) in [5, 5.41) is 10.1. The van der Waals surface area contributed by atoms with Crippen LogP contribution in [0.4, 0.5) is 0 Å². The Morgan fingerprint density at radius 1 is 1.35 bits per heavy atom. The molecule has 0 unspecified atom stereocenters. The Labute approximate surface area is 105 Å². The summed E-state index contributed by atoms with van der Waals surface area (Å²) in [5.41, 5.74) is -0.183. The summed E-state index contributed by atoms with van der Waals surface area (Å²) < 4.78 is 5.43. The van der Waals surface area contributed by atoms with Crippen LogP contribution in [0.5, 0.6) is 0 Å². The number of ether oxygens (including phenoxy) is 1. The van der Waals surface area contributed by atoms with E-state index in [0.717, 1.165) is 19.6 Å². The number of rotatable bonds is 2. The molecule has 2 aliphatic rings. The first-order valence-corrected chi connectivity index (χ1v) is 6.72. The van der Waals surface area contributed by atoms with Gasteiger partial charge in [-0.3, -0.25) is 9.80 Å². The molecule has 0 radical (unpaired) electrons. The fourth-order valence-electron chi connectivity index (χ4n) is 3.16. The van der Waals surface area contributed by atoms with Crippen molar-refractivity contribution in [2.75, 3.05) is 32.8 Å². The molecule has 0 aromatic heterocycles. The highest BCUT2D eigenvalue weighted by atomic mass is 16.5. The van der Waals surface area contributed by atoms with Crippen molar-refractivity contribution in [3.8, 4) is 0 Å². The van der Waals surface area contributed by atoms with Crippen LogP contribution in [0.2, 0.25) is 0 Å². The van der Waals surface area contributed by atoms with Crippen LogP contribution in [-0.2, 0) is 4.74 Å². The van der Waals surface area contributed by atoms with Gasteiger partial charge in [-0.15, -0.1) is 0 Å². The largest absolute Gasteiger partial charge is 0.389 e. The van der Waals surface area contributed by atoms with E-state index in [4.69, 9.17) is 4.74 Å². The molecule has 0 aliphatic carbocycles. The predicted molar refractivity (Wildman–Crippen MR) is 68.1 cm³/mol. The van der Waals surface area contributed by atoms with Gasteiger partial charge in [0.15, 0.2) is 0 Å². The van der Waals surface area contributed by atoms with Crippen LogP contribution in [0.1, 0.15) is 27.7 Å². The summed E-state index contributed by atoms with van der Waals surface area (Å²) in [6.45, 7) is 13.2. The van der Waals surface area contributed by atoms with Crippen molar-refractivity contribution < 1.29 is 9.84 Å². The maximum absolute atomic E-state index is 10.1. The second-order valence-electron chi connectivity index (χ2n) is 6.01. The topological polar surface area (TPSA) is 35.9 Å². The van der Waals surface area contributed by atoms with E-state index in [2.05, 4.69) is 37.5 Å². The molecular weight excluding hydrogens is 216 g/mol. The second kappa shape index (κ2) is 4.84. The fraction of sp³-hybridized carbons (Fsp3) is 1.00. The van der Waals surface area contributed by atoms with Crippen LogP contribution in [0.3, 0.4) is 0 Å². The van der Waals surface area contributed by atoms with Gasteiger partial charge in [-0.25, -0.2) is 0 Å². The number of piperazine rings is 1. The zero-order valence-electron chi connectivity index (χ0n) is 11.5. The van der Waals surface area contributed by atoms with Crippen LogP contribution < -0.4 is 0 Å². The van der Waals surface area contributed by atoms with Crippen LogP contribution in [-0.4, -0.2) is 71.5 Å². The van der Waals surface area contributed by atoms with Gasteiger partial charge in [-0.1, -0.05) is 0 Å². The molecule has 0 bridgehead atoms. The van der Waals surface area contributed by atoms with E-state index in [9.17, 15) is 5.11 Å². The molecule has 100 valence electrons. The zero-order valence-corrected chi connectivity index (χ0v) is 11.5. The van der Waals surface area contributed by atoms with Gasteiger partial charge >= 0.3 is 0 Å². The number of hydrogen-bond acceptors (Lipinski definition) is 4. The summed E-state index contributed by atoms with van der Waals surface area (Å²) >= 11 is 0. The van der Waals surface area contributed by atoms with Crippen molar-refractivity contribution in [2.45, 2.75) is 51.4 Å². The number of nitrogens with zero attached hydrogens (tertiary/aromatic N) is 2. The second-order valence-corrected chi connectivity index (χ2v) is 6.01. The summed E-state index contributed by atoms with van der Waals surface area (Å²) in [5.74, 6) is 0. The Bertz CT molecular complexity index is 272. The molecule has 0 spiro atoms. The van der Waals surface area contributed by atoms with E-state index in [-0.39, 0.29) is 11.6 Å². The highest BCUT2D eigenvalue weighted by molar-refractivity contribution is 5.00. The average Bonchev–Trinajstić information content (AvgIpc) is 2.60. The van der Waals surface area contributed by atoms with Gasteiger partial charge in [0.1, 0.15) is 0 Å². The molecule has 0 aromatic carbocycles. The summed E-state index contributed by atoms with van der Waals surface area (Å²) in [6.07, 6.45) is -0.347. The van der Waals surface area contributed by atoms with E-state index in [1.807, 2.05) is 0 Å². The fourth-order valence-corrected chi connectivity index (χ4v) is 3.16. The minimum atomic E-state index is -0.347. The van der Waals surface area contributed by atoms with Gasteiger partial charge in [-0.05, 0) is 27.7 Å². The standard InChI is InChI=1S/C13H26N2O2/c1-10(2)15-6-5-14(7-11(15)3)13(4)9-17-8-12(13)16/h10-12,16H,5-9H2,1-4H3/t11-,12+,13-/m1/s1. The minimum Gasteiger partial charge on any atom is -0.389 e. The number of hydrogen-bond donors (Lipinski definition) is 1. The third kappa shape index (κ3) is 2.36. The van der Waals surface area contributed by atoms with Crippen molar-refractivity contribution in [3.63, 3.8) is 0 Å². The summed E-state index contributed by atoms with van der Waals surface area (Å²) in [4.78, 5) is 4.94. The monoisotopic (exact) mass is 242 g/mol. The Hall–Kier alpha value is -0.160.